The molecule has 0 saturated heterocycles. The predicted octanol–water partition coefficient (Wildman–Crippen LogP) is 2.13. The van der Waals surface area contributed by atoms with Gasteiger partial charge in [0, 0.05) is 20.2 Å². The molecular weight excluding hydrogens is 221 g/mol. The summed E-state index contributed by atoms with van der Waals surface area (Å²) in [6, 6.07) is 4.94. The first-order chi connectivity index (χ1) is 8.27. The summed E-state index contributed by atoms with van der Waals surface area (Å²) in [5.41, 5.74) is 0.879. The Balaban J connectivity index is 2.47. The Morgan fingerprint density at radius 1 is 1.47 bits per heavy atom. The summed E-state index contributed by atoms with van der Waals surface area (Å²) in [7, 11) is 1.65. The summed E-state index contributed by atoms with van der Waals surface area (Å²) in [6.07, 6.45) is 1.58. The van der Waals surface area contributed by atoms with Crippen LogP contribution in [0.15, 0.2) is 30.9 Å². The average Bonchev–Trinajstić information content (AvgIpc) is 2.34. The van der Waals surface area contributed by atoms with Crippen LogP contribution in [0, 0.1) is 5.82 Å². The number of halogens is 1. The van der Waals surface area contributed by atoms with E-state index < -0.39 is 0 Å². The second-order valence-corrected chi connectivity index (χ2v) is 3.53. The Labute approximate surface area is 101 Å². The molecular formula is C13H18FNO2. The Morgan fingerprint density at radius 3 is 2.94 bits per heavy atom. The first-order valence-corrected chi connectivity index (χ1v) is 5.49. The van der Waals surface area contributed by atoms with E-state index in [9.17, 15) is 4.39 Å². The molecule has 0 unspecified atom stereocenters. The molecule has 0 heterocycles. The maximum absolute atomic E-state index is 13.5. The molecule has 1 N–H and O–H groups in total. The molecule has 0 atom stereocenters. The van der Waals surface area contributed by atoms with Gasteiger partial charge in [0.2, 0.25) is 0 Å². The van der Waals surface area contributed by atoms with Crippen LogP contribution < -0.4 is 10.1 Å². The molecule has 4 heteroatoms. The number of benzene rings is 1. The highest BCUT2D eigenvalue weighted by Crippen LogP contribution is 2.18. The molecule has 94 valence electrons. The van der Waals surface area contributed by atoms with Crippen molar-refractivity contribution in [1.82, 2.24) is 5.32 Å². The van der Waals surface area contributed by atoms with E-state index in [-0.39, 0.29) is 11.6 Å². The van der Waals surface area contributed by atoms with Crippen molar-refractivity contribution >= 4 is 0 Å². The third kappa shape index (κ3) is 4.97. The monoisotopic (exact) mass is 239 g/mol. The van der Waals surface area contributed by atoms with Gasteiger partial charge < -0.3 is 14.8 Å². The van der Waals surface area contributed by atoms with E-state index in [1.54, 1.807) is 19.3 Å². The highest BCUT2D eigenvalue weighted by Gasteiger charge is 2.03. The lowest BCUT2D eigenvalue weighted by atomic mass is 10.2. The number of rotatable bonds is 8. The summed E-state index contributed by atoms with van der Waals surface area (Å²) in [5.74, 6) is -0.0940. The van der Waals surface area contributed by atoms with E-state index in [1.165, 1.54) is 6.07 Å². The molecule has 0 aliphatic carbocycles. The van der Waals surface area contributed by atoms with Gasteiger partial charge in [-0.05, 0) is 17.7 Å². The Bertz CT molecular complexity index is 355. The van der Waals surface area contributed by atoms with Crippen LogP contribution in [0.1, 0.15) is 5.56 Å². The molecule has 0 spiro atoms. The van der Waals surface area contributed by atoms with Crippen molar-refractivity contribution in [1.29, 1.82) is 0 Å². The molecule has 17 heavy (non-hydrogen) atoms. The lowest BCUT2D eigenvalue weighted by Crippen LogP contribution is -2.18. The first kappa shape index (κ1) is 13.7. The molecule has 0 amide bonds. The Hall–Kier alpha value is -1.39. The fourth-order valence-electron chi connectivity index (χ4n) is 1.33. The molecule has 1 aromatic rings. The van der Waals surface area contributed by atoms with Gasteiger partial charge in [0.25, 0.3) is 0 Å². The van der Waals surface area contributed by atoms with Gasteiger partial charge in [-0.2, -0.15) is 0 Å². The van der Waals surface area contributed by atoms with E-state index in [4.69, 9.17) is 9.47 Å². The van der Waals surface area contributed by atoms with E-state index in [0.717, 1.165) is 12.1 Å². The van der Waals surface area contributed by atoms with Crippen molar-refractivity contribution in [3.8, 4) is 5.75 Å². The zero-order valence-corrected chi connectivity index (χ0v) is 10.0. The van der Waals surface area contributed by atoms with E-state index in [2.05, 4.69) is 11.9 Å². The number of ether oxygens (including phenoxy) is 2. The standard InChI is InChI=1S/C13H18FNO2/c1-3-7-17-13-5-4-11(9-12(13)14)10-15-6-8-16-2/h3-5,9,15H,1,6-8,10H2,2H3. The highest BCUT2D eigenvalue weighted by atomic mass is 19.1. The molecule has 1 rings (SSSR count). The van der Waals surface area contributed by atoms with E-state index in [1.807, 2.05) is 6.07 Å². The number of nitrogens with one attached hydrogen (secondary N) is 1. The second kappa shape index (κ2) is 7.81. The van der Waals surface area contributed by atoms with Crippen LogP contribution in [0.4, 0.5) is 4.39 Å². The molecule has 0 fully saturated rings. The van der Waals surface area contributed by atoms with Gasteiger partial charge in [0.05, 0.1) is 6.61 Å². The van der Waals surface area contributed by atoms with Gasteiger partial charge in [0.1, 0.15) is 6.61 Å². The number of hydrogen-bond donors (Lipinski definition) is 1. The fourth-order valence-corrected chi connectivity index (χ4v) is 1.33. The van der Waals surface area contributed by atoms with Crippen molar-refractivity contribution < 1.29 is 13.9 Å². The minimum atomic E-state index is -0.349. The quantitative estimate of drug-likeness (QED) is 0.557. The van der Waals surface area contributed by atoms with Gasteiger partial charge in [-0.15, -0.1) is 0 Å². The zero-order valence-electron chi connectivity index (χ0n) is 10.0. The Morgan fingerprint density at radius 2 is 2.29 bits per heavy atom. The van der Waals surface area contributed by atoms with Crippen LogP contribution in [0.5, 0.6) is 5.75 Å². The summed E-state index contributed by atoms with van der Waals surface area (Å²) in [5, 5.41) is 3.14. The van der Waals surface area contributed by atoms with Crippen molar-refractivity contribution in [2.45, 2.75) is 6.54 Å². The van der Waals surface area contributed by atoms with Crippen molar-refractivity contribution in [3.05, 3.63) is 42.2 Å². The SMILES string of the molecule is C=CCOc1ccc(CNCCOC)cc1F. The predicted molar refractivity (Wildman–Crippen MR) is 65.7 cm³/mol. The second-order valence-electron chi connectivity index (χ2n) is 3.53. The third-order valence-electron chi connectivity index (χ3n) is 2.17. The molecule has 3 nitrogen and oxygen atoms in total. The average molecular weight is 239 g/mol. The lowest BCUT2D eigenvalue weighted by Gasteiger charge is -2.08. The normalized spacial score (nSPS) is 10.2. The highest BCUT2D eigenvalue weighted by molar-refractivity contribution is 5.29. The molecule has 0 aromatic heterocycles. The lowest BCUT2D eigenvalue weighted by molar-refractivity contribution is 0.199. The van der Waals surface area contributed by atoms with Crippen molar-refractivity contribution in [3.63, 3.8) is 0 Å². The summed E-state index contributed by atoms with van der Waals surface area (Å²) in [4.78, 5) is 0. The maximum atomic E-state index is 13.5. The molecule has 0 bridgehead atoms. The molecule has 0 saturated carbocycles. The van der Waals surface area contributed by atoms with E-state index >= 15 is 0 Å². The van der Waals surface area contributed by atoms with Crippen molar-refractivity contribution in [2.24, 2.45) is 0 Å². The van der Waals surface area contributed by atoms with E-state index in [0.29, 0.717) is 19.8 Å². The summed E-state index contributed by atoms with van der Waals surface area (Å²) < 4.78 is 23.6. The summed E-state index contributed by atoms with van der Waals surface area (Å²) in [6.45, 7) is 5.82. The number of methoxy groups -OCH3 is 1. The molecule has 1 aromatic carbocycles. The van der Waals surface area contributed by atoms with Crippen LogP contribution in [0.25, 0.3) is 0 Å². The molecule has 0 aliphatic heterocycles. The Kier molecular flexibility index (Phi) is 6.29. The van der Waals surface area contributed by atoms with Crippen LogP contribution in [-0.2, 0) is 11.3 Å². The minimum Gasteiger partial charge on any atom is -0.486 e. The molecule has 0 radical (unpaired) electrons. The van der Waals surface area contributed by atoms with Gasteiger partial charge in [-0.3, -0.25) is 0 Å². The van der Waals surface area contributed by atoms with Gasteiger partial charge >= 0.3 is 0 Å². The van der Waals surface area contributed by atoms with Crippen LogP contribution in [0.2, 0.25) is 0 Å². The topological polar surface area (TPSA) is 30.5 Å². The minimum absolute atomic E-state index is 0.255. The first-order valence-electron chi connectivity index (χ1n) is 5.49. The van der Waals surface area contributed by atoms with Crippen LogP contribution in [0.3, 0.4) is 0 Å². The summed E-state index contributed by atoms with van der Waals surface area (Å²) >= 11 is 0. The number of hydrogen-bond acceptors (Lipinski definition) is 3. The van der Waals surface area contributed by atoms with Gasteiger partial charge in [0.15, 0.2) is 11.6 Å². The zero-order chi connectivity index (χ0) is 12.5. The smallest absolute Gasteiger partial charge is 0.165 e. The van der Waals surface area contributed by atoms with Crippen LogP contribution >= 0.6 is 0 Å². The third-order valence-corrected chi connectivity index (χ3v) is 2.17. The van der Waals surface area contributed by atoms with Gasteiger partial charge in [-0.25, -0.2) is 4.39 Å². The largest absolute Gasteiger partial charge is 0.486 e. The van der Waals surface area contributed by atoms with Crippen molar-refractivity contribution in [2.75, 3.05) is 26.9 Å². The van der Waals surface area contributed by atoms with Gasteiger partial charge in [-0.1, -0.05) is 18.7 Å². The van der Waals surface area contributed by atoms with Crippen LogP contribution in [-0.4, -0.2) is 26.9 Å². The fraction of sp³-hybridized carbons (Fsp3) is 0.385. The molecule has 0 aliphatic rings. The maximum Gasteiger partial charge on any atom is 0.165 e.